The normalized spacial score (nSPS) is 11.7. The Morgan fingerprint density at radius 2 is 1.95 bits per heavy atom. The van der Waals surface area contributed by atoms with Gasteiger partial charge in [-0.15, -0.1) is 0 Å². The molecule has 0 saturated carbocycles. The molecule has 0 spiro atoms. The van der Waals surface area contributed by atoms with Gasteiger partial charge < -0.3 is 5.73 Å². The summed E-state index contributed by atoms with van der Waals surface area (Å²) in [7, 11) is 0. The van der Waals surface area contributed by atoms with Gasteiger partial charge in [0.25, 0.3) is 0 Å². The van der Waals surface area contributed by atoms with Gasteiger partial charge in [-0.2, -0.15) is 0 Å². The molecule has 3 nitrogen and oxygen atoms in total. The summed E-state index contributed by atoms with van der Waals surface area (Å²) in [4.78, 5) is 8.75. The van der Waals surface area contributed by atoms with Crippen LogP contribution in [-0.4, -0.2) is 9.97 Å². The minimum Gasteiger partial charge on any atom is -0.383 e. The fourth-order valence-corrected chi connectivity index (χ4v) is 2.91. The predicted molar refractivity (Wildman–Crippen MR) is 87.1 cm³/mol. The van der Waals surface area contributed by atoms with Crippen LogP contribution in [0.2, 0.25) is 5.02 Å². The average molecular weight is 373 g/mol. The smallest absolute Gasteiger partial charge is 0.145 e. The summed E-state index contributed by atoms with van der Waals surface area (Å²) in [6, 6.07) is 4.88. The Morgan fingerprint density at radius 1 is 1.29 bits per heavy atom. The molecule has 0 aliphatic heterocycles. The SMILES string of the molecule is CC(C)(C)c1nc(Cc2cccc(Cl)c2F)nc(N)c1Br. The van der Waals surface area contributed by atoms with Crippen molar-refractivity contribution in [2.45, 2.75) is 32.6 Å². The summed E-state index contributed by atoms with van der Waals surface area (Å²) in [5.41, 5.74) is 6.97. The van der Waals surface area contributed by atoms with E-state index < -0.39 is 5.82 Å². The van der Waals surface area contributed by atoms with Gasteiger partial charge in [0.15, 0.2) is 0 Å². The minimum absolute atomic E-state index is 0.0913. The van der Waals surface area contributed by atoms with E-state index in [1.165, 1.54) is 6.07 Å². The highest BCUT2D eigenvalue weighted by molar-refractivity contribution is 9.10. The first-order valence-corrected chi connectivity index (χ1v) is 7.62. The van der Waals surface area contributed by atoms with Gasteiger partial charge in [-0.25, -0.2) is 14.4 Å². The lowest BCUT2D eigenvalue weighted by Gasteiger charge is -2.21. The molecule has 0 unspecified atom stereocenters. The maximum Gasteiger partial charge on any atom is 0.145 e. The number of hydrogen-bond acceptors (Lipinski definition) is 3. The molecule has 1 aromatic heterocycles. The molecule has 2 rings (SSSR count). The van der Waals surface area contributed by atoms with E-state index in [1.54, 1.807) is 12.1 Å². The van der Waals surface area contributed by atoms with E-state index >= 15 is 0 Å². The number of hydrogen-bond donors (Lipinski definition) is 1. The molecule has 0 atom stereocenters. The molecule has 112 valence electrons. The molecule has 0 radical (unpaired) electrons. The number of nitrogens with zero attached hydrogens (tertiary/aromatic N) is 2. The lowest BCUT2D eigenvalue weighted by atomic mass is 9.91. The van der Waals surface area contributed by atoms with E-state index in [9.17, 15) is 4.39 Å². The molecular formula is C15H16BrClFN3. The number of anilines is 1. The van der Waals surface area contributed by atoms with E-state index in [0.29, 0.717) is 21.7 Å². The largest absolute Gasteiger partial charge is 0.383 e. The van der Waals surface area contributed by atoms with E-state index in [-0.39, 0.29) is 16.9 Å². The molecule has 0 fully saturated rings. The van der Waals surface area contributed by atoms with Crippen LogP contribution < -0.4 is 5.73 Å². The monoisotopic (exact) mass is 371 g/mol. The second kappa shape index (κ2) is 5.89. The average Bonchev–Trinajstić information content (AvgIpc) is 2.37. The van der Waals surface area contributed by atoms with Gasteiger partial charge in [0.05, 0.1) is 15.2 Å². The summed E-state index contributed by atoms with van der Waals surface area (Å²) in [5, 5.41) is 0.0913. The summed E-state index contributed by atoms with van der Waals surface area (Å²) in [5.74, 6) is 0.385. The lowest BCUT2D eigenvalue weighted by Crippen LogP contribution is -2.18. The molecular weight excluding hydrogens is 357 g/mol. The Bertz CT molecular complexity index is 683. The molecule has 2 aromatic rings. The summed E-state index contributed by atoms with van der Waals surface area (Å²) < 4.78 is 14.7. The van der Waals surface area contributed by atoms with Crippen LogP contribution in [0.5, 0.6) is 0 Å². The highest BCUT2D eigenvalue weighted by atomic mass is 79.9. The van der Waals surface area contributed by atoms with Crippen molar-refractivity contribution in [1.29, 1.82) is 0 Å². The Balaban J connectivity index is 2.46. The summed E-state index contributed by atoms with van der Waals surface area (Å²) >= 11 is 9.21. The molecule has 0 amide bonds. The minimum atomic E-state index is -0.443. The second-order valence-corrected chi connectivity index (χ2v) is 7.03. The van der Waals surface area contributed by atoms with Crippen LogP contribution in [0.4, 0.5) is 10.2 Å². The van der Waals surface area contributed by atoms with E-state index in [2.05, 4.69) is 25.9 Å². The zero-order chi connectivity index (χ0) is 15.8. The fraction of sp³-hybridized carbons (Fsp3) is 0.333. The molecule has 0 saturated heterocycles. The van der Waals surface area contributed by atoms with Crippen LogP contribution in [0.3, 0.4) is 0 Å². The molecule has 0 aliphatic rings. The van der Waals surface area contributed by atoms with Gasteiger partial charge in [0, 0.05) is 11.8 Å². The zero-order valence-electron chi connectivity index (χ0n) is 12.0. The van der Waals surface area contributed by atoms with Crippen LogP contribution >= 0.6 is 27.5 Å². The van der Waals surface area contributed by atoms with Gasteiger partial charge in [-0.05, 0) is 27.6 Å². The van der Waals surface area contributed by atoms with Gasteiger partial charge in [-0.1, -0.05) is 44.5 Å². The Kier molecular flexibility index (Phi) is 4.54. The van der Waals surface area contributed by atoms with Crippen LogP contribution in [0.1, 0.15) is 37.9 Å². The van der Waals surface area contributed by atoms with Crippen molar-refractivity contribution >= 4 is 33.3 Å². The molecule has 6 heteroatoms. The van der Waals surface area contributed by atoms with E-state index in [4.69, 9.17) is 17.3 Å². The maximum atomic E-state index is 14.0. The number of benzene rings is 1. The van der Waals surface area contributed by atoms with Crippen molar-refractivity contribution in [3.05, 3.63) is 50.6 Å². The standard InChI is InChI=1S/C15H16BrClFN3/c1-15(2,3)13-11(16)14(19)21-10(20-13)7-8-5-4-6-9(17)12(8)18/h4-6H,7H2,1-3H3,(H2,19,20,21). The third-order valence-corrected chi connectivity index (χ3v) is 4.09. The van der Waals surface area contributed by atoms with Crippen molar-refractivity contribution in [3.8, 4) is 0 Å². The Morgan fingerprint density at radius 3 is 2.57 bits per heavy atom. The topological polar surface area (TPSA) is 51.8 Å². The quantitative estimate of drug-likeness (QED) is 0.844. The molecule has 0 aliphatic carbocycles. The first kappa shape index (κ1) is 16.2. The summed E-state index contributed by atoms with van der Waals surface area (Å²) in [6.07, 6.45) is 0.243. The number of aromatic nitrogens is 2. The molecule has 0 bridgehead atoms. The Labute approximate surface area is 136 Å². The molecule has 1 heterocycles. The Hall–Kier alpha value is -1.20. The van der Waals surface area contributed by atoms with Crippen molar-refractivity contribution in [1.82, 2.24) is 9.97 Å². The van der Waals surface area contributed by atoms with Crippen LogP contribution in [0.15, 0.2) is 22.7 Å². The van der Waals surface area contributed by atoms with Crippen molar-refractivity contribution in [3.63, 3.8) is 0 Å². The number of rotatable bonds is 2. The third kappa shape index (κ3) is 3.52. The fourth-order valence-electron chi connectivity index (χ4n) is 1.94. The molecule has 1 aromatic carbocycles. The van der Waals surface area contributed by atoms with Crippen LogP contribution in [0.25, 0.3) is 0 Å². The van der Waals surface area contributed by atoms with Crippen molar-refractivity contribution in [2.24, 2.45) is 0 Å². The highest BCUT2D eigenvalue weighted by Crippen LogP contribution is 2.31. The van der Waals surface area contributed by atoms with Gasteiger partial charge in [0.1, 0.15) is 17.5 Å². The first-order chi connectivity index (χ1) is 9.70. The number of nitrogens with two attached hydrogens (primary N) is 1. The van der Waals surface area contributed by atoms with Crippen LogP contribution in [0, 0.1) is 5.82 Å². The van der Waals surface area contributed by atoms with E-state index in [1.807, 2.05) is 20.8 Å². The van der Waals surface area contributed by atoms with Gasteiger partial charge in [-0.3, -0.25) is 0 Å². The van der Waals surface area contributed by atoms with Gasteiger partial charge >= 0.3 is 0 Å². The van der Waals surface area contributed by atoms with Crippen molar-refractivity contribution in [2.75, 3.05) is 5.73 Å². The number of halogens is 3. The van der Waals surface area contributed by atoms with Crippen LogP contribution in [-0.2, 0) is 11.8 Å². The van der Waals surface area contributed by atoms with E-state index in [0.717, 1.165) is 5.69 Å². The predicted octanol–water partition coefficient (Wildman–Crippen LogP) is 4.50. The zero-order valence-corrected chi connectivity index (χ0v) is 14.4. The maximum absolute atomic E-state index is 14.0. The second-order valence-electron chi connectivity index (χ2n) is 5.83. The summed E-state index contributed by atoms with van der Waals surface area (Å²) in [6.45, 7) is 6.09. The highest BCUT2D eigenvalue weighted by Gasteiger charge is 2.22. The molecule has 21 heavy (non-hydrogen) atoms. The van der Waals surface area contributed by atoms with Gasteiger partial charge in [0.2, 0.25) is 0 Å². The lowest BCUT2D eigenvalue weighted by molar-refractivity contribution is 0.558. The first-order valence-electron chi connectivity index (χ1n) is 6.45. The molecule has 2 N–H and O–H groups in total. The van der Waals surface area contributed by atoms with Crippen molar-refractivity contribution < 1.29 is 4.39 Å². The third-order valence-electron chi connectivity index (χ3n) is 3.01. The number of nitrogen functional groups attached to an aromatic ring is 1.